The molecular weight excluding hydrogens is 460 g/mol. The van der Waals surface area contributed by atoms with Gasteiger partial charge in [-0.25, -0.2) is 0 Å². The summed E-state index contributed by atoms with van der Waals surface area (Å²) in [5, 5.41) is 8.37. The van der Waals surface area contributed by atoms with Crippen LogP contribution in [0, 0.1) is 0 Å². The smallest absolute Gasteiger partial charge is 0.0664 e. The summed E-state index contributed by atoms with van der Waals surface area (Å²) >= 11 is 0. The maximum Gasteiger partial charge on any atom is 0.0664 e. The van der Waals surface area contributed by atoms with E-state index in [-0.39, 0.29) is 6.04 Å². The lowest BCUT2D eigenvalue weighted by Crippen LogP contribution is -2.10. The molecule has 38 heavy (non-hydrogen) atoms. The van der Waals surface area contributed by atoms with Gasteiger partial charge in [0.1, 0.15) is 0 Å². The Morgan fingerprint density at radius 3 is 1.76 bits per heavy atom. The van der Waals surface area contributed by atoms with E-state index in [0.29, 0.717) is 0 Å². The summed E-state index contributed by atoms with van der Waals surface area (Å²) in [6.45, 7) is 4.40. The highest BCUT2D eigenvalue weighted by atomic mass is 14.9. The monoisotopic (exact) mass is 492 g/mol. The van der Waals surface area contributed by atoms with Gasteiger partial charge in [-0.05, 0) is 69.6 Å². The van der Waals surface area contributed by atoms with Crippen molar-refractivity contribution >= 4 is 32.9 Å². The highest BCUT2D eigenvalue weighted by molar-refractivity contribution is 6.21. The fourth-order valence-electron chi connectivity index (χ4n) is 5.42. The number of nitrogens with two attached hydrogens (primary N) is 1. The molecule has 2 heteroatoms. The molecule has 0 radical (unpaired) electrons. The van der Waals surface area contributed by atoms with Gasteiger partial charge in [0.25, 0.3) is 0 Å². The van der Waals surface area contributed by atoms with Crippen LogP contribution in [0.1, 0.15) is 31.0 Å². The van der Waals surface area contributed by atoms with E-state index >= 15 is 0 Å². The molecule has 0 amide bonds. The van der Waals surface area contributed by atoms with Crippen molar-refractivity contribution in [3.8, 4) is 22.3 Å². The first-order valence-electron chi connectivity index (χ1n) is 13.4. The van der Waals surface area contributed by atoms with Gasteiger partial charge >= 0.3 is 0 Å². The van der Waals surface area contributed by atoms with Gasteiger partial charge in [-0.3, -0.25) is 0 Å². The molecule has 6 aromatic carbocycles. The lowest BCUT2D eigenvalue weighted by molar-refractivity contribution is 0.883. The number of nitrogen functional groups attached to an aromatic ring is 1. The summed E-state index contributed by atoms with van der Waals surface area (Å²) in [5.41, 5.74) is 16.1. The van der Waals surface area contributed by atoms with Crippen molar-refractivity contribution in [2.45, 2.75) is 26.3 Å². The van der Waals surface area contributed by atoms with Gasteiger partial charge < -0.3 is 11.1 Å². The van der Waals surface area contributed by atoms with Gasteiger partial charge in [0, 0.05) is 16.8 Å². The predicted octanol–water partition coefficient (Wildman–Crippen LogP) is 9.64. The molecule has 0 fully saturated rings. The predicted molar refractivity (Wildman–Crippen MR) is 165 cm³/mol. The second-order valence-corrected chi connectivity index (χ2v) is 10.0. The SMILES string of the molecule is CCc1cccc(C(C)Nc2c(N)c3ccc(-c4ccccc4)cc3c3cc(-c4ccccc4)ccc23)c1. The van der Waals surface area contributed by atoms with Crippen LogP contribution in [0.15, 0.2) is 121 Å². The van der Waals surface area contributed by atoms with Crippen molar-refractivity contribution in [1.82, 2.24) is 0 Å². The molecule has 0 heterocycles. The van der Waals surface area contributed by atoms with Crippen molar-refractivity contribution in [1.29, 1.82) is 0 Å². The summed E-state index contributed by atoms with van der Waals surface area (Å²) < 4.78 is 0. The largest absolute Gasteiger partial charge is 0.397 e. The zero-order valence-corrected chi connectivity index (χ0v) is 21.9. The first-order valence-corrected chi connectivity index (χ1v) is 13.4. The molecular formula is C36H32N2. The second kappa shape index (κ2) is 10.1. The standard InChI is InChI=1S/C36H32N2/c1-3-25-11-10-16-28(21-25)24(2)38-36-32-20-18-30(27-14-8-5-9-15-27)23-34(32)33-22-29(17-19-31(33)35(36)37)26-12-6-4-7-13-26/h4-24,38H,3,37H2,1-2H3. The number of nitrogens with one attached hydrogen (secondary N) is 1. The van der Waals surface area contributed by atoms with E-state index in [9.17, 15) is 0 Å². The third kappa shape index (κ3) is 4.39. The Labute approximate surface area is 224 Å². The van der Waals surface area contributed by atoms with E-state index in [0.717, 1.165) is 28.6 Å². The Bertz CT molecular complexity index is 1740. The number of anilines is 2. The minimum Gasteiger partial charge on any atom is -0.397 e. The summed E-state index contributed by atoms with van der Waals surface area (Å²) in [6.07, 6.45) is 1.02. The van der Waals surface area contributed by atoms with E-state index in [1.807, 2.05) is 0 Å². The number of benzene rings is 6. The Kier molecular flexibility index (Phi) is 6.31. The Hall–Kier alpha value is -4.56. The van der Waals surface area contributed by atoms with Crippen LogP contribution in [0.2, 0.25) is 0 Å². The van der Waals surface area contributed by atoms with Crippen molar-refractivity contribution in [3.63, 3.8) is 0 Å². The molecule has 0 saturated heterocycles. The lowest BCUT2D eigenvalue weighted by atomic mass is 9.92. The van der Waals surface area contributed by atoms with Crippen LogP contribution in [0.3, 0.4) is 0 Å². The van der Waals surface area contributed by atoms with Crippen molar-refractivity contribution in [2.75, 3.05) is 11.1 Å². The lowest BCUT2D eigenvalue weighted by Gasteiger charge is -2.22. The average Bonchev–Trinajstić information content (AvgIpc) is 2.99. The first kappa shape index (κ1) is 23.8. The van der Waals surface area contributed by atoms with E-state index in [1.54, 1.807) is 0 Å². The number of aryl methyl sites for hydroxylation is 1. The number of hydrogen-bond acceptors (Lipinski definition) is 2. The van der Waals surface area contributed by atoms with Crippen molar-refractivity contribution in [3.05, 3.63) is 132 Å². The molecule has 6 aromatic rings. The van der Waals surface area contributed by atoms with Gasteiger partial charge in [0.05, 0.1) is 11.4 Å². The molecule has 2 nitrogen and oxygen atoms in total. The van der Waals surface area contributed by atoms with Crippen LogP contribution in [-0.4, -0.2) is 0 Å². The van der Waals surface area contributed by atoms with Gasteiger partial charge in [0.15, 0.2) is 0 Å². The highest BCUT2D eigenvalue weighted by Gasteiger charge is 2.17. The summed E-state index contributed by atoms with van der Waals surface area (Å²) in [4.78, 5) is 0. The molecule has 0 spiro atoms. The fourth-order valence-corrected chi connectivity index (χ4v) is 5.42. The molecule has 1 atom stereocenters. The normalized spacial score (nSPS) is 12.1. The minimum absolute atomic E-state index is 0.113. The van der Waals surface area contributed by atoms with Crippen LogP contribution in [0.4, 0.5) is 11.4 Å². The molecule has 3 N–H and O–H groups in total. The third-order valence-corrected chi connectivity index (χ3v) is 7.59. The number of hydrogen-bond donors (Lipinski definition) is 2. The number of rotatable bonds is 6. The zero-order chi connectivity index (χ0) is 26.1. The van der Waals surface area contributed by atoms with E-state index < -0.39 is 0 Å². The molecule has 186 valence electrons. The van der Waals surface area contributed by atoms with Gasteiger partial charge in [0.2, 0.25) is 0 Å². The Morgan fingerprint density at radius 2 is 1.16 bits per heavy atom. The summed E-state index contributed by atoms with van der Waals surface area (Å²) in [7, 11) is 0. The Balaban J connectivity index is 1.56. The molecule has 0 aliphatic rings. The van der Waals surface area contributed by atoms with Crippen LogP contribution in [-0.2, 0) is 6.42 Å². The first-order chi connectivity index (χ1) is 18.6. The summed E-state index contributed by atoms with van der Waals surface area (Å²) in [6, 6.07) is 43.4. The molecule has 0 aromatic heterocycles. The molecule has 0 aliphatic carbocycles. The topological polar surface area (TPSA) is 38.0 Å². The van der Waals surface area contributed by atoms with Crippen LogP contribution < -0.4 is 11.1 Å². The highest BCUT2D eigenvalue weighted by Crippen LogP contribution is 2.42. The average molecular weight is 493 g/mol. The van der Waals surface area contributed by atoms with E-state index in [4.69, 9.17) is 5.73 Å². The summed E-state index contributed by atoms with van der Waals surface area (Å²) in [5.74, 6) is 0. The maximum atomic E-state index is 6.94. The van der Waals surface area contributed by atoms with E-state index in [1.165, 1.54) is 44.2 Å². The van der Waals surface area contributed by atoms with Crippen molar-refractivity contribution in [2.24, 2.45) is 0 Å². The van der Waals surface area contributed by atoms with Crippen LogP contribution in [0.25, 0.3) is 43.8 Å². The molecule has 0 saturated carbocycles. The van der Waals surface area contributed by atoms with E-state index in [2.05, 4.69) is 140 Å². The van der Waals surface area contributed by atoms with Crippen LogP contribution in [0.5, 0.6) is 0 Å². The van der Waals surface area contributed by atoms with Crippen LogP contribution >= 0.6 is 0 Å². The number of fused-ring (bicyclic) bond motifs is 3. The quantitative estimate of drug-likeness (QED) is 0.138. The second-order valence-electron chi connectivity index (χ2n) is 10.0. The Morgan fingerprint density at radius 1 is 0.579 bits per heavy atom. The van der Waals surface area contributed by atoms with Gasteiger partial charge in [-0.1, -0.05) is 116 Å². The third-order valence-electron chi connectivity index (χ3n) is 7.59. The fraction of sp³-hybridized carbons (Fsp3) is 0.111. The maximum absolute atomic E-state index is 6.94. The van der Waals surface area contributed by atoms with Crippen molar-refractivity contribution < 1.29 is 0 Å². The molecule has 6 rings (SSSR count). The van der Waals surface area contributed by atoms with Gasteiger partial charge in [-0.2, -0.15) is 0 Å². The van der Waals surface area contributed by atoms with Gasteiger partial charge in [-0.15, -0.1) is 0 Å². The zero-order valence-electron chi connectivity index (χ0n) is 21.9. The minimum atomic E-state index is 0.113. The molecule has 0 bridgehead atoms. The molecule has 0 aliphatic heterocycles. The molecule has 1 unspecified atom stereocenters.